The van der Waals surface area contributed by atoms with Crippen LogP contribution >= 0.6 is 0 Å². The molecule has 0 bridgehead atoms. The average Bonchev–Trinajstić information content (AvgIpc) is 3.47. The van der Waals surface area contributed by atoms with Crippen molar-refractivity contribution in [3.05, 3.63) is 82.7 Å². The minimum Gasteiger partial charge on any atom is -0.382 e. The summed E-state index contributed by atoms with van der Waals surface area (Å²) >= 11 is 0. The maximum absolute atomic E-state index is 14.2. The van der Waals surface area contributed by atoms with E-state index in [1.165, 1.54) is 30.9 Å². The Hall–Kier alpha value is -4.61. The summed E-state index contributed by atoms with van der Waals surface area (Å²) in [6.07, 6.45) is 1.24. The van der Waals surface area contributed by atoms with E-state index >= 15 is 0 Å². The second-order valence-electron chi connectivity index (χ2n) is 11.5. The van der Waals surface area contributed by atoms with Gasteiger partial charge in [0.1, 0.15) is 0 Å². The number of rotatable bonds is 4. The Kier molecular flexibility index (Phi) is 6.33. The number of nitrogens with one attached hydrogen (secondary N) is 1. The average molecular weight is 590 g/mol. The van der Waals surface area contributed by atoms with Gasteiger partial charge in [-0.3, -0.25) is 14.7 Å². The molecule has 9 nitrogen and oxygen atoms in total. The van der Waals surface area contributed by atoms with Crippen molar-refractivity contribution in [2.24, 2.45) is 0 Å². The molecule has 2 aromatic heterocycles. The van der Waals surface area contributed by atoms with E-state index in [4.69, 9.17) is 10.8 Å². The smallest absolute Gasteiger partial charge is 0.382 e. The van der Waals surface area contributed by atoms with Gasteiger partial charge in [-0.25, -0.2) is 4.68 Å². The van der Waals surface area contributed by atoms with Crippen molar-refractivity contribution >= 4 is 28.5 Å². The number of amides is 2. The van der Waals surface area contributed by atoms with Gasteiger partial charge in [0, 0.05) is 38.0 Å². The molecule has 1 fully saturated rings. The number of alkyl halides is 3. The molecule has 3 aliphatic rings. The van der Waals surface area contributed by atoms with E-state index in [2.05, 4.69) is 41.0 Å². The lowest BCUT2D eigenvalue weighted by Gasteiger charge is -2.38. The van der Waals surface area contributed by atoms with Crippen LogP contribution in [0.1, 0.15) is 69.7 Å². The summed E-state index contributed by atoms with van der Waals surface area (Å²) in [7, 11) is 0. The Balaban J connectivity index is 1.30. The number of hydrogen-bond acceptors (Lipinski definition) is 5. The second kappa shape index (κ2) is 9.99. The first-order chi connectivity index (χ1) is 20.7. The third kappa shape index (κ3) is 4.38. The maximum atomic E-state index is 14.2. The third-order valence-electron chi connectivity index (χ3n) is 9.16. The van der Waals surface area contributed by atoms with Gasteiger partial charge >= 0.3 is 6.18 Å². The van der Waals surface area contributed by atoms with Crippen LogP contribution in [0.4, 0.5) is 19.0 Å². The largest absolute Gasteiger partial charge is 0.418 e. The van der Waals surface area contributed by atoms with Gasteiger partial charge in [-0.15, -0.1) is 0 Å². The Bertz CT molecular complexity index is 1770. The summed E-state index contributed by atoms with van der Waals surface area (Å²) in [5, 5.41) is 11.1. The number of carbonyl (C=O) groups excluding carboxylic acids is 2. The number of aromatic amines is 1. The summed E-state index contributed by atoms with van der Waals surface area (Å²) in [6, 6.07) is 9.95. The number of halogens is 3. The molecule has 4 aromatic rings. The molecule has 0 radical (unpaired) electrons. The normalized spacial score (nSPS) is 18.7. The van der Waals surface area contributed by atoms with Crippen molar-refractivity contribution in [1.82, 2.24) is 29.8 Å². The van der Waals surface area contributed by atoms with Gasteiger partial charge in [-0.1, -0.05) is 25.1 Å². The van der Waals surface area contributed by atoms with Crippen LogP contribution in [-0.2, 0) is 23.8 Å². The van der Waals surface area contributed by atoms with Crippen LogP contribution in [0.3, 0.4) is 0 Å². The monoisotopic (exact) mass is 589 g/mol. The predicted molar refractivity (Wildman–Crippen MR) is 154 cm³/mol. The number of nitrogen functional groups attached to an aromatic ring is 1. The molecule has 4 heterocycles. The van der Waals surface area contributed by atoms with E-state index in [1.807, 2.05) is 4.68 Å². The summed E-state index contributed by atoms with van der Waals surface area (Å²) in [4.78, 5) is 30.2. The van der Waals surface area contributed by atoms with E-state index in [-0.39, 0.29) is 41.3 Å². The zero-order valence-electron chi connectivity index (χ0n) is 23.3. The first kappa shape index (κ1) is 27.2. The Labute approximate surface area is 245 Å². The number of hydrogen-bond donors (Lipinski definition) is 2. The molecule has 43 heavy (non-hydrogen) atoms. The summed E-state index contributed by atoms with van der Waals surface area (Å²) < 4.78 is 43.1. The third-order valence-corrected chi connectivity index (χ3v) is 9.16. The molecule has 1 saturated carbocycles. The topological polar surface area (TPSA) is 113 Å². The highest BCUT2D eigenvalue weighted by atomic mass is 19.4. The van der Waals surface area contributed by atoms with Crippen LogP contribution in [0.15, 0.2) is 49.1 Å². The number of fused-ring (bicyclic) bond motifs is 1. The summed E-state index contributed by atoms with van der Waals surface area (Å²) in [5.74, 6) is -0.329. The number of benzene rings is 2. The molecule has 0 spiro atoms. The molecular weight excluding hydrogens is 559 g/mol. The van der Waals surface area contributed by atoms with Gasteiger partial charge in [0.15, 0.2) is 5.82 Å². The fourth-order valence-electron chi connectivity index (χ4n) is 6.74. The first-order valence-electron chi connectivity index (χ1n) is 14.4. The van der Waals surface area contributed by atoms with Crippen molar-refractivity contribution in [1.29, 1.82) is 0 Å². The summed E-state index contributed by atoms with van der Waals surface area (Å²) in [6.45, 7) is 4.50. The zero-order valence-corrected chi connectivity index (χ0v) is 23.3. The number of aromatic nitrogens is 4. The number of H-pyrrole nitrogens is 1. The van der Waals surface area contributed by atoms with Crippen LogP contribution in [0.5, 0.6) is 0 Å². The van der Waals surface area contributed by atoms with Gasteiger partial charge in [-0.2, -0.15) is 23.4 Å². The van der Waals surface area contributed by atoms with Gasteiger partial charge in [0.2, 0.25) is 5.91 Å². The molecule has 3 N–H and O–H groups in total. The Morgan fingerprint density at radius 1 is 1.07 bits per heavy atom. The Morgan fingerprint density at radius 2 is 1.84 bits per heavy atom. The minimum absolute atomic E-state index is 0.0177. The van der Waals surface area contributed by atoms with Crippen molar-refractivity contribution in [2.75, 3.05) is 25.4 Å². The lowest BCUT2D eigenvalue weighted by molar-refractivity contribution is -0.136. The molecule has 0 saturated heterocycles. The number of nitrogens with zero attached hydrogens (tertiary/aromatic N) is 5. The molecule has 1 atom stereocenters. The zero-order chi connectivity index (χ0) is 30.0. The van der Waals surface area contributed by atoms with Gasteiger partial charge in [0.25, 0.3) is 5.91 Å². The maximum Gasteiger partial charge on any atom is 0.418 e. The van der Waals surface area contributed by atoms with E-state index in [0.717, 1.165) is 34.8 Å². The fourth-order valence-corrected chi connectivity index (χ4v) is 6.74. The van der Waals surface area contributed by atoms with Gasteiger partial charge < -0.3 is 15.5 Å². The highest BCUT2D eigenvalue weighted by molar-refractivity contribution is 6.11. The van der Waals surface area contributed by atoms with Crippen LogP contribution in [-0.4, -0.2) is 61.2 Å². The molecule has 222 valence electrons. The van der Waals surface area contributed by atoms with E-state index in [0.29, 0.717) is 25.3 Å². The lowest BCUT2D eigenvalue weighted by Crippen LogP contribution is -2.46. The minimum atomic E-state index is -4.66. The van der Waals surface area contributed by atoms with E-state index in [1.54, 1.807) is 9.80 Å². The van der Waals surface area contributed by atoms with Crippen molar-refractivity contribution in [3.8, 4) is 5.69 Å². The molecular formula is C31H30F3N7O2. The standard InChI is InChI=1S/C31H30F3N7O2/c1-2-25(42)39-14-12-22-27-23(41(38-22)19-8-6-18(7-9-19)17-4-3-5-17)13-15-40(24(27)16-39)30(43)20-10-11-21(31(32,33)34)28-26(20)29(35)37-36-28/h2,6-11,17,24H,1,3-5,12-16H2,(H3,35,36,37)/t24-/m0/s1. The fraction of sp³-hybridized carbons (Fsp3) is 0.355. The molecule has 12 heteroatoms. The molecule has 2 amide bonds. The molecule has 2 aliphatic heterocycles. The lowest BCUT2D eigenvalue weighted by atomic mass is 9.80. The van der Waals surface area contributed by atoms with Crippen molar-refractivity contribution in [2.45, 2.75) is 50.2 Å². The number of carbonyl (C=O) groups is 2. The van der Waals surface area contributed by atoms with Crippen molar-refractivity contribution in [3.63, 3.8) is 0 Å². The Morgan fingerprint density at radius 3 is 2.51 bits per heavy atom. The quantitative estimate of drug-likeness (QED) is 0.328. The van der Waals surface area contributed by atoms with Gasteiger partial charge in [0.05, 0.1) is 45.1 Å². The van der Waals surface area contributed by atoms with E-state index < -0.39 is 23.7 Å². The van der Waals surface area contributed by atoms with E-state index in [9.17, 15) is 22.8 Å². The predicted octanol–water partition coefficient (Wildman–Crippen LogP) is 4.93. The number of nitrogens with two attached hydrogens (primary N) is 1. The van der Waals surface area contributed by atoms with Crippen LogP contribution in [0, 0.1) is 0 Å². The summed E-state index contributed by atoms with van der Waals surface area (Å²) in [5.41, 5.74) is 9.62. The highest BCUT2D eigenvalue weighted by Gasteiger charge is 2.41. The highest BCUT2D eigenvalue weighted by Crippen LogP contribution is 2.41. The molecule has 0 unspecified atom stereocenters. The number of anilines is 1. The first-order valence-corrected chi connectivity index (χ1v) is 14.4. The van der Waals surface area contributed by atoms with Crippen LogP contribution in [0.2, 0.25) is 0 Å². The SMILES string of the molecule is C=CC(=O)N1CCc2nn(-c3ccc(C4CCC4)cc3)c3c2[C@H](C1)N(C(=O)c1ccc(C(F)(F)F)c2[nH]nc(N)c12)CC3. The molecule has 1 aliphatic carbocycles. The molecule has 2 aromatic carbocycles. The van der Waals surface area contributed by atoms with Crippen LogP contribution < -0.4 is 5.73 Å². The van der Waals surface area contributed by atoms with Gasteiger partial charge in [-0.05, 0) is 54.7 Å². The molecule has 7 rings (SSSR count). The van der Waals surface area contributed by atoms with Crippen LogP contribution in [0.25, 0.3) is 16.6 Å². The second-order valence-corrected chi connectivity index (χ2v) is 11.5. The van der Waals surface area contributed by atoms with Crippen molar-refractivity contribution < 1.29 is 22.8 Å².